The minimum absolute atomic E-state index is 0.148. The molecule has 0 aliphatic rings. The molecule has 1 heterocycles. The normalized spacial score (nSPS) is 10.5. The van der Waals surface area contributed by atoms with Crippen LogP contribution in [0.1, 0.15) is 15.9 Å². The van der Waals surface area contributed by atoms with Crippen molar-refractivity contribution >= 4 is 38.5 Å². The summed E-state index contributed by atoms with van der Waals surface area (Å²) < 4.78 is 6.41. The summed E-state index contributed by atoms with van der Waals surface area (Å²) in [5.74, 6) is -0.327. The molecule has 0 spiro atoms. The lowest BCUT2D eigenvalue weighted by molar-refractivity contribution is -0.118. The number of ether oxygens (including phenoxy) is 1. The van der Waals surface area contributed by atoms with E-state index in [0.29, 0.717) is 16.4 Å². The van der Waals surface area contributed by atoms with E-state index < -0.39 is 5.91 Å². The number of aromatic nitrogens is 1. The number of thiazole rings is 1. The fourth-order valence-electron chi connectivity index (χ4n) is 2.16. The van der Waals surface area contributed by atoms with Crippen LogP contribution in [-0.4, -0.2) is 23.4 Å². The Balaban J connectivity index is 1.60. The van der Waals surface area contributed by atoms with Gasteiger partial charge in [-0.05, 0) is 42.8 Å². The standard InChI is InChI=1S/C17H15N3O3S/c1-10-3-2-4-13-15(10)20-17(24-13)19-14(21)9-23-12-7-5-11(6-8-12)16(18)22/h2-8H,9H2,1H3,(H2,18,22)(H,19,20,21). The van der Waals surface area contributed by atoms with Crippen molar-refractivity contribution in [3.63, 3.8) is 0 Å². The number of hydrogen-bond donors (Lipinski definition) is 2. The first-order chi connectivity index (χ1) is 11.5. The molecule has 0 aliphatic carbocycles. The summed E-state index contributed by atoms with van der Waals surface area (Å²) in [6.45, 7) is 1.83. The Morgan fingerprint density at radius 3 is 2.62 bits per heavy atom. The molecule has 1 aromatic heterocycles. The van der Waals surface area contributed by atoms with Gasteiger partial charge in [-0.25, -0.2) is 4.98 Å². The van der Waals surface area contributed by atoms with Gasteiger partial charge in [0.05, 0.1) is 10.2 Å². The van der Waals surface area contributed by atoms with Crippen molar-refractivity contribution in [1.29, 1.82) is 0 Å². The third-order valence-corrected chi connectivity index (χ3v) is 4.31. The summed E-state index contributed by atoms with van der Waals surface area (Å²) in [6, 6.07) is 12.2. The Bertz CT molecular complexity index is 903. The smallest absolute Gasteiger partial charge is 0.264 e. The fraction of sp³-hybridized carbons (Fsp3) is 0.118. The average Bonchev–Trinajstić information content (AvgIpc) is 2.97. The minimum Gasteiger partial charge on any atom is -0.484 e. The molecule has 0 aliphatic heterocycles. The molecule has 6 nitrogen and oxygen atoms in total. The Morgan fingerprint density at radius 1 is 1.21 bits per heavy atom. The highest BCUT2D eigenvalue weighted by Gasteiger charge is 2.10. The number of rotatable bonds is 5. The van der Waals surface area contributed by atoms with Crippen LogP contribution in [0.5, 0.6) is 5.75 Å². The molecule has 0 fully saturated rings. The van der Waals surface area contributed by atoms with Gasteiger partial charge in [0.2, 0.25) is 5.91 Å². The van der Waals surface area contributed by atoms with E-state index in [1.165, 1.54) is 11.3 Å². The third kappa shape index (κ3) is 3.52. The van der Waals surface area contributed by atoms with Gasteiger partial charge >= 0.3 is 0 Å². The number of anilines is 1. The van der Waals surface area contributed by atoms with Crippen LogP contribution in [0, 0.1) is 6.92 Å². The quantitative estimate of drug-likeness (QED) is 0.746. The molecule has 2 aromatic carbocycles. The van der Waals surface area contributed by atoms with Crippen molar-refractivity contribution in [3.8, 4) is 5.75 Å². The van der Waals surface area contributed by atoms with Gasteiger partial charge in [0.25, 0.3) is 5.91 Å². The summed E-state index contributed by atoms with van der Waals surface area (Å²) in [5.41, 5.74) is 7.51. The van der Waals surface area contributed by atoms with E-state index in [2.05, 4.69) is 10.3 Å². The first-order valence-electron chi connectivity index (χ1n) is 7.21. The van der Waals surface area contributed by atoms with Gasteiger partial charge in [-0.15, -0.1) is 0 Å². The molecule has 0 atom stereocenters. The lowest BCUT2D eigenvalue weighted by atomic mass is 10.2. The van der Waals surface area contributed by atoms with E-state index in [1.807, 2.05) is 25.1 Å². The summed E-state index contributed by atoms with van der Waals surface area (Å²) >= 11 is 1.42. The molecule has 0 saturated carbocycles. The number of nitrogens with zero attached hydrogens (tertiary/aromatic N) is 1. The largest absolute Gasteiger partial charge is 0.484 e. The second kappa shape index (κ2) is 6.67. The number of aryl methyl sites for hydroxylation is 1. The number of carbonyl (C=O) groups excluding carboxylic acids is 2. The van der Waals surface area contributed by atoms with E-state index in [0.717, 1.165) is 15.8 Å². The highest BCUT2D eigenvalue weighted by Crippen LogP contribution is 2.27. The maximum atomic E-state index is 12.0. The maximum absolute atomic E-state index is 12.0. The molecule has 122 valence electrons. The van der Waals surface area contributed by atoms with Crippen LogP contribution in [0.15, 0.2) is 42.5 Å². The first kappa shape index (κ1) is 15.9. The van der Waals surface area contributed by atoms with Gasteiger partial charge in [0.15, 0.2) is 11.7 Å². The summed E-state index contributed by atoms with van der Waals surface area (Å²) in [6.07, 6.45) is 0. The molecule has 3 N–H and O–H groups in total. The predicted molar refractivity (Wildman–Crippen MR) is 93.4 cm³/mol. The zero-order valence-corrected chi connectivity index (χ0v) is 13.7. The van der Waals surface area contributed by atoms with Crippen molar-refractivity contribution in [2.75, 3.05) is 11.9 Å². The van der Waals surface area contributed by atoms with Crippen LogP contribution in [0.25, 0.3) is 10.2 Å². The Hall–Kier alpha value is -2.93. The number of fused-ring (bicyclic) bond motifs is 1. The highest BCUT2D eigenvalue weighted by molar-refractivity contribution is 7.22. The topological polar surface area (TPSA) is 94.3 Å². The van der Waals surface area contributed by atoms with Gasteiger partial charge in [0.1, 0.15) is 5.75 Å². The first-order valence-corrected chi connectivity index (χ1v) is 8.03. The van der Waals surface area contributed by atoms with Crippen LogP contribution in [0.2, 0.25) is 0 Å². The van der Waals surface area contributed by atoms with E-state index in [9.17, 15) is 9.59 Å². The predicted octanol–water partition coefficient (Wildman–Crippen LogP) is 2.72. The lowest BCUT2D eigenvalue weighted by Crippen LogP contribution is -2.20. The molecule has 0 unspecified atom stereocenters. The van der Waals surface area contributed by atoms with E-state index >= 15 is 0 Å². The number of amides is 2. The molecule has 3 rings (SSSR count). The van der Waals surface area contributed by atoms with Gasteiger partial charge in [-0.1, -0.05) is 23.5 Å². The Morgan fingerprint density at radius 2 is 1.96 bits per heavy atom. The number of nitrogens with one attached hydrogen (secondary N) is 1. The monoisotopic (exact) mass is 341 g/mol. The van der Waals surface area contributed by atoms with Crippen molar-refractivity contribution < 1.29 is 14.3 Å². The molecule has 0 saturated heterocycles. The van der Waals surface area contributed by atoms with E-state index in [-0.39, 0.29) is 12.5 Å². The lowest BCUT2D eigenvalue weighted by Gasteiger charge is -2.06. The van der Waals surface area contributed by atoms with Gasteiger partial charge in [-0.2, -0.15) is 0 Å². The van der Waals surface area contributed by atoms with Crippen LogP contribution in [-0.2, 0) is 4.79 Å². The van der Waals surface area contributed by atoms with E-state index in [1.54, 1.807) is 24.3 Å². The van der Waals surface area contributed by atoms with Crippen molar-refractivity contribution in [1.82, 2.24) is 4.98 Å². The fourth-order valence-corrected chi connectivity index (χ4v) is 3.12. The van der Waals surface area contributed by atoms with E-state index in [4.69, 9.17) is 10.5 Å². The molecule has 3 aromatic rings. The van der Waals surface area contributed by atoms with Crippen LogP contribution in [0.3, 0.4) is 0 Å². The Labute approximate surface area is 142 Å². The summed E-state index contributed by atoms with van der Waals surface area (Å²) in [4.78, 5) is 27.4. The number of carbonyl (C=O) groups is 2. The third-order valence-electron chi connectivity index (χ3n) is 3.38. The van der Waals surface area contributed by atoms with Gasteiger partial charge in [-0.3, -0.25) is 14.9 Å². The summed E-state index contributed by atoms with van der Waals surface area (Å²) in [5, 5.41) is 3.27. The van der Waals surface area contributed by atoms with Crippen molar-refractivity contribution in [3.05, 3.63) is 53.6 Å². The number of nitrogens with two attached hydrogens (primary N) is 1. The SMILES string of the molecule is Cc1cccc2sc(NC(=O)COc3ccc(C(N)=O)cc3)nc12. The zero-order valence-electron chi connectivity index (χ0n) is 12.9. The van der Waals surface area contributed by atoms with Crippen LogP contribution < -0.4 is 15.8 Å². The van der Waals surface area contributed by atoms with Crippen molar-refractivity contribution in [2.24, 2.45) is 5.73 Å². The second-order valence-electron chi connectivity index (χ2n) is 5.17. The second-order valence-corrected chi connectivity index (χ2v) is 6.20. The minimum atomic E-state index is -0.509. The highest BCUT2D eigenvalue weighted by atomic mass is 32.1. The van der Waals surface area contributed by atoms with Crippen LogP contribution >= 0.6 is 11.3 Å². The molecule has 0 bridgehead atoms. The maximum Gasteiger partial charge on any atom is 0.264 e. The number of primary amides is 1. The zero-order chi connectivity index (χ0) is 17.1. The molecule has 7 heteroatoms. The summed E-state index contributed by atoms with van der Waals surface area (Å²) in [7, 11) is 0. The van der Waals surface area contributed by atoms with Gasteiger partial charge < -0.3 is 10.5 Å². The molecule has 24 heavy (non-hydrogen) atoms. The number of hydrogen-bond acceptors (Lipinski definition) is 5. The molecule has 2 amide bonds. The number of para-hydroxylation sites is 1. The average molecular weight is 341 g/mol. The Kier molecular flexibility index (Phi) is 4.43. The molecule has 0 radical (unpaired) electrons. The molecular formula is C17H15N3O3S. The number of benzene rings is 2. The van der Waals surface area contributed by atoms with Crippen LogP contribution in [0.4, 0.5) is 5.13 Å². The molecular weight excluding hydrogens is 326 g/mol. The van der Waals surface area contributed by atoms with Gasteiger partial charge in [0, 0.05) is 5.56 Å². The van der Waals surface area contributed by atoms with Crippen molar-refractivity contribution in [2.45, 2.75) is 6.92 Å².